The molecule has 1 aliphatic rings. The van der Waals surface area contributed by atoms with E-state index >= 15 is 0 Å². The fourth-order valence-corrected chi connectivity index (χ4v) is 6.08. The summed E-state index contributed by atoms with van der Waals surface area (Å²) in [5.74, 6) is 0. The van der Waals surface area contributed by atoms with Crippen molar-refractivity contribution in [2.24, 2.45) is 0 Å². The largest absolute Gasteiger partial charge is 0.374 e. The minimum atomic E-state index is -4.08. The Morgan fingerprint density at radius 2 is 1.57 bits per heavy atom. The average Bonchev–Trinajstić information content (AvgIpc) is 2.48. The molecule has 8 heteroatoms. The molecule has 0 spiro atoms. The molecule has 0 aliphatic heterocycles. The van der Waals surface area contributed by atoms with E-state index in [0.29, 0.717) is 18.4 Å². The van der Waals surface area contributed by atoms with Crippen LogP contribution in [0.3, 0.4) is 0 Å². The average molecular weight is 328 g/mol. The minimum Gasteiger partial charge on any atom is -0.361 e. The van der Waals surface area contributed by atoms with Gasteiger partial charge < -0.3 is 5.53 Å². The highest BCUT2D eigenvalue weighted by molar-refractivity contribution is 8.04. The number of benzene rings is 1. The first-order valence-electron chi connectivity index (χ1n) is 6.65. The second-order valence-electron chi connectivity index (χ2n) is 5.02. The highest BCUT2D eigenvalue weighted by Crippen LogP contribution is 2.31. The molecule has 0 amide bonds. The zero-order valence-electron chi connectivity index (χ0n) is 11.3. The van der Waals surface area contributed by atoms with Crippen molar-refractivity contribution in [3.8, 4) is 0 Å². The molecule has 0 aromatic heterocycles. The molecule has 1 saturated carbocycles. The van der Waals surface area contributed by atoms with Gasteiger partial charge in [-0.15, -0.1) is 0 Å². The predicted molar refractivity (Wildman–Crippen MR) is 77.4 cm³/mol. The standard InChI is InChI=1S/C13H16N2O4S2/c14-15-10-20(16,17)12-8-4-5-9-13(12)21(18,19)11-6-2-1-3-7-11/h4-5,8-11H,1-3,6-7H2. The van der Waals surface area contributed by atoms with Gasteiger partial charge in [-0.3, -0.25) is 0 Å². The number of nitrogens with zero attached hydrogens (tertiary/aromatic N) is 2. The molecule has 2 rings (SSSR count). The van der Waals surface area contributed by atoms with Crippen molar-refractivity contribution in [2.75, 3.05) is 0 Å². The lowest BCUT2D eigenvalue weighted by molar-refractivity contribution is 0.00753. The van der Waals surface area contributed by atoms with Crippen molar-refractivity contribution >= 4 is 25.2 Å². The molecule has 0 atom stereocenters. The number of hydrogen-bond donors (Lipinski definition) is 0. The zero-order valence-corrected chi connectivity index (χ0v) is 13.0. The summed E-state index contributed by atoms with van der Waals surface area (Å²) >= 11 is 0. The smallest absolute Gasteiger partial charge is 0.361 e. The van der Waals surface area contributed by atoms with Crippen LogP contribution in [0.4, 0.5) is 0 Å². The summed E-state index contributed by atoms with van der Waals surface area (Å²) < 4.78 is 49.4. The highest BCUT2D eigenvalue weighted by Gasteiger charge is 2.34. The lowest BCUT2D eigenvalue weighted by Gasteiger charge is -2.22. The van der Waals surface area contributed by atoms with E-state index in [9.17, 15) is 16.8 Å². The van der Waals surface area contributed by atoms with Gasteiger partial charge in [0.15, 0.2) is 9.84 Å². The first kappa shape index (κ1) is 15.9. The molecule has 0 bridgehead atoms. The van der Waals surface area contributed by atoms with Crippen molar-refractivity contribution in [1.29, 1.82) is 0 Å². The Bertz CT molecular complexity index is 772. The summed E-state index contributed by atoms with van der Waals surface area (Å²) in [5.41, 5.74) is 8.80. The molecule has 0 unspecified atom stereocenters. The van der Waals surface area contributed by atoms with Crippen LogP contribution in [-0.4, -0.2) is 32.4 Å². The second-order valence-corrected chi connectivity index (χ2v) is 8.95. The van der Waals surface area contributed by atoms with Gasteiger partial charge >= 0.3 is 5.55 Å². The van der Waals surface area contributed by atoms with Gasteiger partial charge in [0.25, 0.3) is 9.84 Å². The molecule has 1 aliphatic carbocycles. The molecule has 1 aromatic carbocycles. The lowest BCUT2D eigenvalue weighted by Crippen LogP contribution is -2.25. The molecule has 0 saturated heterocycles. The Balaban J connectivity index is 2.57. The van der Waals surface area contributed by atoms with Crippen LogP contribution in [0.25, 0.3) is 5.53 Å². The van der Waals surface area contributed by atoms with Crippen molar-refractivity contribution < 1.29 is 21.6 Å². The maximum atomic E-state index is 12.7. The van der Waals surface area contributed by atoms with Crippen molar-refractivity contribution in [3.05, 3.63) is 29.8 Å². The Labute approximate surface area is 124 Å². The quantitative estimate of drug-likeness (QED) is 0.364. The molecule has 114 valence electrons. The van der Waals surface area contributed by atoms with E-state index in [1.807, 2.05) is 0 Å². The van der Waals surface area contributed by atoms with Gasteiger partial charge in [0.2, 0.25) is 0 Å². The van der Waals surface area contributed by atoms with Crippen molar-refractivity contribution in [2.45, 2.75) is 47.1 Å². The van der Waals surface area contributed by atoms with E-state index in [1.54, 1.807) is 0 Å². The maximum absolute atomic E-state index is 12.7. The van der Waals surface area contributed by atoms with Gasteiger partial charge in [-0.25, -0.2) is 16.8 Å². The third-order valence-corrected chi connectivity index (χ3v) is 7.43. The van der Waals surface area contributed by atoms with Gasteiger partial charge in [-0.05, 0) is 25.0 Å². The number of hydrogen-bond acceptors (Lipinski definition) is 4. The monoisotopic (exact) mass is 328 g/mol. The van der Waals surface area contributed by atoms with Crippen LogP contribution in [0, 0.1) is 0 Å². The van der Waals surface area contributed by atoms with Crippen LogP contribution in [0.15, 0.2) is 34.1 Å². The molecule has 0 radical (unpaired) electrons. The fraction of sp³-hybridized carbons (Fsp3) is 0.462. The molecule has 6 nitrogen and oxygen atoms in total. The first-order valence-corrected chi connectivity index (χ1v) is 9.74. The molecule has 0 heterocycles. The maximum Gasteiger partial charge on any atom is 0.374 e. The second kappa shape index (κ2) is 6.09. The molecule has 21 heavy (non-hydrogen) atoms. The lowest BCUT2D eigenvalue weighted by atomic mass is 10.0. The topological polar surface area (TPSA) is 105 Å². The van der Waals surface area contributed by atoms with Crippen molar-refractivity contribution in [3.63, 3.8) is 0 Å². The van der Waals surface area contributed by atoms with E-state index in [-0.39, 0.29) is 9.79 Å². The van der Waals surface area contributed by atoms with E-state index in [1.165, 1.54) is 24.3 Å². The Morgan fingerprint density at radius 1 is 1.00 bits per heavy atom. The van der Waals surface area contributed by atoms with Crippen LogP contribution in [-0.2, 0) is 19.7 Å². The summed E-state index contributed by atoms with van der Waals surface area (Å²) in [6.07, 6.45) is 3.76. The normalized spacial score (nSPS) is 17.1. The van der Waals surface area contributed by atoms with Gasteiger partial charge in [-0.2, -0.15) is 4.79 Å². The van der Waals surface area contributed by atoms with Gasteiger partial charge in [-0.1, -0.05) is 31.4 Å². The summed E-state index contributed by atoms with van der Waals surface area (Å²) in [6.45, 7) is 0. The molecule has 0 N–H and O–H groups in total. The number of rotatable bonds is 4. The predicted octanol–water partition coefficient (Wildman–Crippen LogP) is 1.82. The summed E-state index contributed by atoms with van der Waals surface area (Å²) in [5, 5.41) is -0.548. The Hall–Kier alpha value is -1.50. The third kappa shape index (κ3) is 3.23. The summed E-state index contributed by atoms with van der Waals surface area (Å²) in [6, 6.07) is 5.44. The number of sulfone groups is 2. The summed E-state index contributed by atoms with van der Waals surface area (Å²) in [7, 11) is -7.80. The van der Waals surface area contributed by atoms with Gasteiger partial charge in [0.05, 0.1) is 15.0 Å². The van der Waals surface area contributed by atoms with Crippen LogP contribution in [0.1, 0.15) is 32.1 Å². The van der Waals surface area contributed by atoms with Gasteiger partial charge in [0.1, 0.15) is 0 Å². The van der Waals surface area contributed by atoms with E-state index < -0.39 is 24.9 Å². The highest BCUT2D eigenvalue weighted by atomic mass is 32.2. The zero-order chi connectivity index (χ0) is 15.5. The van der Waals surface area contributed by atoms with Crippen LogP contribution in [0.5, 0.6) is 0 Å². The fourth-order valence-electron chi connectivity index (χ4n) is 2.59. The van der Waals surface area contributed by atoms with E-state index in [0.717, 1.165) is 19.3 Å². The van der Waals surface area contributed by atoms with Crippen LogP contribution in [0.2, 0.25) is 0 Å². The third-order valence-electron chi connectivity index (χ3n) is 3.64. The van der Waals surface area contributed by atoms with E-state index in [4.69, 9.17) is 5.53 Å². The Kier molecular flexibility index (Phi) is 4.61. The van der Waals surface area contributed by atoms with Crippen LogP contribution >= 0.6 is 0 Å². The molecular weight excluding hydrogens is 312 g/mol. The van der Waals surface area contributed by atoms with Gasteiger partial charge in [0, 0.05) is 0 Å². The first-order chi connectivity index (χ1) is 9.89. The molecular formula is C13H16N2O4S2. The van der Waals surface area contributed by atoms with E-state index in [2.05, 4.69) is 4.79 Å². The Morgan fingerprint density at radius 3 is 2.14 bits per heavy atom. The van der Waals surface area contributed by atoms with Crippen LogP contribution < -0.4 is 0 Å². The molecule has 1 aromatic rings. The minimum absolute atomic E-state index is 0.211. The SMILES string of the molecule is [N-]=[N+]=CS(=O)(=O)c1ccccc1S(=O)(=O)C1CCCCC1. The summed E-state index contributed by atoms with van der Waals surface area (Å²) in [4.78, 5) is 1.96. The molecule has 1 fully saturated rings. The van der Waals surface area contributed by atoms with Crippen molar-refractivity contribution in [1.82, 2.24) is 0 Å².